The van der Waals surface area contributed by atoms with Gasteiger partial charge < -0.3 is 9.29 Å². The van der Waals surface area contributed by atoms with Crippen molar-refractivity contribution in [3.63, 3.8) is 0 Å². The first-order chi connectivity index (χ1) is 11.2. The van der Waals surface area contributed by atoms with Gasteiger partial charge in [-0.2, -0.15) is 0 Å². The molecule has 1 saturated carbocycles. The second kappa shape index (κ2) is 6.17. The van der Waals surface area contributed by atoms with Gasteiger partial charge in [0, 0.05) is 23.3 Å². The molecule has 0 amide bonds. The summed E-state index contributed by atoms with van der Waals surface area (Å²) in [4.78, 5) is 8.54. The van der Waals surface area contributed by atoms with E-state index >= 15 is 0 Å². The zero-order chi connectivity index (χ0) is 17.5. The van der Waals surface area contributed by atoms with Crippen molar-refractivity contribution in [1.82, 2.24) is 9.97 Å². The van der Waals surface area contributed by atoms with Gasteiger partial charge >= 0.3 is 0 Å². The van der Waals surface area contributed by atoms with E-state index in [0.29, 0.717) is 11.0 Å². The van der Waals surface area contributed by atoms with Crippen LogP contribution in [0.5, 0.6) is 5.88 Å². The van der Waals surface area contributed by atoms with Gasteiger partial charge in [-0.1, -0.05) is 16.0 Å². The maximum Gasteiger partial charge on any atom is 0.223 e. The highest BCUT2D eigenvalue weighted by atomic mass is 35.5. The van der Waals surface area contributed by atoms with Gasteiger partial charge in [-0.25, -0.2) is 9.97 Å². The second-order valence-electron chi connectivity index (χ2n) is 7.22. The summed E-state index contributed by atoms with van der Waals surface area (Å²) in [6.45, 7) is 7.70. The SMILES string of the molecule is CC1(Oc2ncc(C=N[S@@+]([O-])C(C)(C)C)c3cc(Cl)ncc23)CC1. The van der Waals surface area contributed by atoms with Crippen molar-refractivity contribution in [2.75, 3.05) is 0 Å². The minimum absolute atomic E-state index is 0.136. The molecule has 2 heterocycles. The average Bonchev–Trinajstić information content (AvgIpc) is 3.22. The highest BCUT2D eigenvalue weighted by molar-refractivity contribution is 7.91. The Kier molecular flexibility index (Phi) is 4.49. The Hall–Kier alpha value is -1.37. The fourth-order valence-electron chi connectivity index (χ4n) is 2.06. The molecule has 2 aromatic rings. The maximum atomic E-state index is 12.1. The number of nitrogens with zero attached hydrogens (tertiary/aromatic N) is 3. The molecule has 1 aliphatic carbocycles. The van der Waals surface area contributed by atoms with Crippen LogP contribution in [0.1, 0.15) is 46.1 Å². The Morgan fingerprint density at radius 2 is 2.00 bits per heavy atom. The van der Waals surface area contributed by atoms with Crippen LogP contribution in [0.15, 0.2) is 22.9 Å². The van der Waals surface area contributed by atoms with E-state index in [2.05, 4.69) is 21.3 Å². The molecule has 0 spiro atoms. The lowest BCUT2D eigenvalue weighted by Crippen LogP contribution is -2.25. The highest BCUT2D eigenvalue weighted by Crippen LogP contribution is 2.41. The predicted octanol–water partition coefficient (Wildman–Crippen LogP) is 4.10. The van der Waals surface area contributed by atoms with Crippen LogP contribution in [0.2, 0.25) is 5.15 Å². The van der Waals surface area contributed by atoms with Crippen molar-refractivity contribution in [1.29, 1.82) is 0 Å². The number of hydrogen-bond donors (Lipinski definition) is 0. The third-order valence-electron chi connectivity index (χ3n) is 3.84. The summed E-state index contributed by atoms with van der Waals surface area (Å²) in [6.07, 6.45) is 6.94. The van der Waals surface area contributed by atoms with Gasteiger partial charge in [0.05, 0.1) is 11.6 Å². The minimum Gasteiger partial charge on any atom is -0.591 e. The molecule has 0 radical (unpaired) electrons. The van der Waals surface area contributed by atoms with Gasteiger partial charge in [-0.05, 0) is 46.6 Å². The van der Waals surface area contributed by atoms with Gasteiger partial charge in [-0.3, -0.25) is 0 Å². The van der Waals surface area contributed by atoms with E-state index in [4.69, 9.17) is 16.3 Å². The molecule has 2 aromatic heterocycles. The molecular formula is C17H20ClN3O2S. The Morgan fingerprint density at radius 1 is 1.29 bits per heavy atom. The molecule has 1 aliphatic rings. The molecule has 128 valence electrons. The van der Waals surface area contributed by atoms with Crippen molar-refractivity contribution < 1.29 is 9.29 Å². The third-order valence-corrected chi connectivity index (χ3v) is 5.39. The van der Waals surface area contributed by atoms with Gasteiger partial charge in [0.1, 0.15) is 26.9 Å². The van der Waals surface area contributed by atoms with Gasteiger partial charge in [0.25, 0.3) is 0 Å². The molecule has 3 rings (SSSR count). The summed E-state index contributed by atoms with van der Waals surface area (Å²) >= 11 is 4.71. The minimum atomic E-state index is -1.34. The molecule has 0 aliphatic heterocycles. The summed E-state index contributed by atoms with van der Waals surface area (Å²) in [7, 11) is 0. The van der Waals surface area contributed by atoms with E-state index in [1.807, 2.05) is 20.8 Å². The van der Waals surface area contributed by atoms with Crippen molar-refractivity contribution in [3.8, 4) is 5.88 Å². The standard InChI is InChI=1S/C17H20ClN3O2S/c1-16(2,3)24(22)21-9-11-8-20-15(23-17(4)5-6-17)13-10-19-14(18)7-12(11)13/h7-10H,5-6H2,1-4H3/t24-/m0/s1. The molecule has 24 heavy (non-hydrogen) atoms. The fourth-order valence-corrected chi connectivity index (χ4v) is 2.75. The topological polar surface area (TPSA) is 70.4 Å². The van der Waals surface area contributed by atoms with Gasteiger partial charge in [0.15, 0.2) is 0 Å². The lowest BCUT2D eigenvalue weighted by atomic mass is 10.1. The van der Waals surface area contributed by atoms with Crippen molar-refractivity contribution in [3.05, 3.63) is 29.2 Å². The Bertz CT molecular complexity index is 800. The lowest BCUT2D eigenvalue weighted by Gasteiger charge is -2.18. The predicted molar refractivity (Wildman–Crippen MR) is 98.3 cm³/mol. The van der Waals surface area contributed by atoms with Crippen LogP contribution < -0.4 is 4.74 Å². The first-order valence-corrected chi connectivity index (χ1v) is 9.26. The number of halogens is 1. The monoisotopic (exact) mass is 365 g/mol. The summed E-state index contributed by atoms with van der Waals surface area (Å²) in [6, 6.07) is 1.75. The lowest BCUT2D eigenvalue weighted by molar-refractivity contribution is 0.194. The normalized spacial score (nSPS) is 18.1. The van der Waals surface area contributed by atoms with E-state index in [0.717, 1.165) is 29.2 Å². The summed E-state index contributed by atoms with van der Waals surface area (Å²) < 4.78 is 21.9. The molecular weight excluding hydrogens is 346 g/mol. The van der Waals surface area contributed by atoms with Crippen molar-refractivity contribution in [2.24, 2.45) is 4.40 Å². The van der Waals surface area contributed by atoms with E-state index in [-0.39, 0.29) is 5.60 Å². The molecule has 1 fully saturated rings. The number of aromatic nitrogens is 2. The van der Waals surface area contributed by atoms with Crippen molar-refractivity contribution >= 4 is 39.9 Å². The average molecular weight is 366 g/mol. The van der Waals surface area contributed by atoms with Crippen LogP contribution >= 0.6 is 11.6 Å². The van der Waals surface area contributed by atoms with Crippen molar-refractivity contribution in [2.45, 2.75) is 50.9 Å². The third kappa shape index (κ3) is 3.82. The molecule has 7 heteroatoms. The zero-order valence-corrected chi connectivity index (χ0v) is 15.7. The Morgan fingerprint density at radius 3 is 2.62 bits per heavy atom. The molecule has 1 atom stereocenters. The molecule has 5 nitrogen and oxygen atoms in total. The molecule has 0 aromatic carbocycles. The number of rotatable bonds is 4. The van der Waals surface area contributed by atoms with Crippen LogP contribution in [0.25, 0.3) is 10.8 Å². The van der Waals surface area contributed by atoms with Gasteiger partial charge in [-0.15, -0.1) is 0 Å². The first kappa shape index (κ1) is 17.5. The molecule has 0 saturated heterocycles. The highest BCUT2D eigenvalue weighted by Gasteiger charge is 2.40. The van der Waals surface area contributed by atoms with Crippen LogP contribution in [0, 0.1) is 0 Å². The van der Waals surface area contributed by atoms with E-state index in [1.165, 1.54) is 0 Å². The summed E-state index contributed by atoms with van der Waals surface area (Å²) in [5.41, 5.74) is 0.600. The fraction of sp³-hybridized carbons (Fsp3) is 0.471. The number of hydrogen-bond acceptors (Lipinski definition) is 5. The molecule has 0 unspecified atom stereocenters. The first-order valence-electron chi connectivity index (χ1n) is 7.77. The number of ether oxygens (including phenoxy) is 1. The van der Waals surface area contributed by atoms with Crippen LogP contribution in [0.3, 0.4) is 0 Å². The quantitative estimate of drug-likeness (QED) is 0.464. The molecule has 0 N–H and O–H groups in total. The number of fused-ring (bicyclic) bond motifs is 1. The van der Waals surface area contributed by atoms with Crippen LogP contribution in [0.4, 0.5) is 0 Å². The number of pyridine rings is 2. The smallest absolute Gasteiger partial charge is 0.223 e. The summed E-state index contributed by atoms with van der Waals surface area (Å²) in [5, 5.41) is 1.99. The second-order valence-corrected chi connectivity index (χ2v) is 9.54. The van der Waals surface area contributed by atoms with Gasteiger partial charge in [0.2, 0.25) is 5.88 Å². The Balaban J connectivity index is 2.01. The summed E-state index contributed by atoms with van der Waals surface area (Å²) in [5.74, 6) is 0.545. The van der Waals surface area contributed by atoms with E-state index in [9.17, 15) is 4.55 Å². The van der Waals surface area contributed by atoms with Crippen LogP contribution in [-0.4, -0.2) is 31.1 Å². The van der Waals surface area contributed by atoms with E-state index in [1.54, 1.807) is 24.7 Å². The maximum absolute atomic E-state index is 12.1. The molecule has 0 bridgehead atoms. The van der Waals surface area contributed by atoms with E-state index < -0.39 is 16.1 Å². The largest absolute Gasteiger partial charge is 0.591 e. The zero-order valence-electron chi connectivity index (χ0n) is 14.2. The Labute approximate surface area is 149 Å². The van der Waals surface area contributed by atoms with Crippen LogP contribution in [-0.2, 0) is 11.4 Å².